The first-order valence-electron chi connectivity index (χ1n) is 5.25. The predicted molar refractivity (Wildman–Crippen MR) is 62.0 cm³/mol. The van der Waals surface area contributed by atoms with Crippen LogP contribution < -0.4 is 10.6 Å². The van der Waals surface area contributed by atoms with Crippen LogP contribution in [-0.2, 0) is 4.74 Å². The van der Waals surface area contributed by atoms with Crippen LogP contribution in [0.15, 0.2) is 6.20 Å². The second-order valence-corrected chi connectivity index (χ2v) is 3.61. The predicted octanol–water partition coefficient (Wildman–Crippen LogP) is 1.24. The Balaban J connectivity index is 2.76. The van der Waals surface area contributed by atoms with Gasteiger partial charge in [0.05, 0.1) is 18.5 Å². The Morgan fingerprint density at radius 3 is 2.87 bits per heavy atom. The molecule has 0 spiro atoms. The van der Waals surface area contributed by atoms with Crippen molar-refractivity contribution in [1.29, 1.82) is 0 Å². The van der Waals surface area contributed by atoms with Crippen molar-refractivity contribution >= 4 is 11.5 Å². The molecule has 0 saturated carbocycles. The quantitative estimate of drug-likeness (QED) is 0.744. The fourth-order valence-corrected chi connectivity index (χ4v) is 1.51. The van der Waals surface area contributed by atoms with Gasteiger partial charge in [0.1, 0.15) is 5.82 Å². The summed E-state index contributed by atoms with van der Waals surface area (Å²) in [6.07, 6.45) is 2.82. The summed E-state index contributed by atoms with van der Waals surface area (Å²) in [5.74, 6) is 0.617. The molecule has 86 valence electrons. The summed E-state index contributed by atoms with van der Waals surface area (Å²) in [4.78, 5) is 2.21. The Morgan fingerprint density at radius 2 is 2.40 bits per heavy atom. The maximum absolute atomic E-state index is 5.81. The van der Waals surface area contributed by atoms with Crippen molar-refractivity contribution in [2.45, 2.75) is 26.3 Å². The third-order valence-corrected chi connectivity index (χ3v) is 2.62. The molecule has 0 saturated heterocycles. The van der Waals surface area contributed by atoms with E-state index in [0.29, 0.717) is 18.5 Å². The number of methoxy groups -OCH3 is 1. The first-order valence-corrected chi connectivity index (χ1v) is 5.25. The number of nitrogens with one attached hydrogen (secondary N) is 1. The third kappa shape index (κ3) is 2.86. The zero-order valence-electron chi connectivity index (χ0n) is 9.66. The number of nitrogen functional groups attached to an aromatic ring is 1. The van der Waals surface area contributed by atoms with Gasteiger partial charge in [0.15, 0.2) is 0 Å². The molecule has 3 N–H and O–H groups in total. The number of aromatic amines is 1. The van der Waals surface area contributed by atoms with Crippen molar-refractivity contribution in [2.75, 3.05) is 30.9 Å². The van der Waals surface area contributed by atoms with Crippen LogP contribution in [0.25, 0.3) is 0 Å². The minimum atomic E-state index is 0.431. The Labute approximate surface area is 90.6 Å². The summed E-state index contributed by atoms with van der Waals surface area (Å²) in [6.45, 7) is 5.84. The molecular formula is C10H20N4O. The largest absolute Gasteiger partial charge is 0.383 e. The van der Waals surface area contributed by atoms with Gasteiger partial charge in [-0.25, -0.2) is 0 Å². The molecule has 0 bridgehead atoms. The molecule has 0 aromatic carbocycles. The Hall–Kier alpha value is -1.23. The van der Waals surface area contributed by atoms with Crippen molar-refractivity contribution in [3.8, 4) is 0 Å². The number of hydrogen-bond acceptors (Lipinski definition) is 4. The lowest BCUT2D eigenvalue weighted by atomic mass is 10.2. The van der Waals surface area contributed by atoms with E-state index in [4.69, 9.17) is 10.5 Å². The number of aromatic nitrogens is 2. The highest BCUT2D eigenvalue weighted by Crippen LogP contribution is 2.22. The van der Waals surface area contributed by atoms with Crippen molar-refractivity contribution in [1.82, 2.24) is 10.2 Å². The third-order valence-electron chi connectivity index (χ3n) is 2.62. The number of H-pyrrole nitrogens is 1. The van der Waals surface area contributed by atoms with Crippen molar-refractivity contribution in [3.05, 3.63) is 6.20 Å². The second kappa shape index (κ2) is 5.60. The molecule has 1 unspecified atom stereocenters. The molecule has 0 aliphatic heterocycles. The highest BCUT2D eigenvalue weighted by atomic mass is 16.5. The van der Waals surface area contributed by atoms with E-state index in [1.807, 2.05) is 0 Å². The number of ether oxygens (including phenoxy) is 1. The Morgan fingerprint density at radius 1 is 1.67 bits per heavy atom. The monoisotopic (exact) mass is 212 g/mol. The Bertz CT molecular complexity index is 287. The second-order valence-electron chi connectivity index (χ2n) is 3.61. The van der Waals surface area contributed by atoms with E-state index in [1.165, 1.54) is 0 Å². The van der Waals surface area contributed by atoms with E-state index in [-0.39, 0.29) is 0 Å². The van der Waals surface area contributed by atoms with Crippen LogP contribution in [0.4, 0.5) is 11.5 Å². The lowest BCUT2D eigenvalue weighted by Gasteiger charge is -2.29. The maximum atomic E-state index is 5.81. The summed E-state index contributed by atoms with van der Waals surface area (Å²) in [7, 11) is 1.70. The standard InChI is InChI=1S/C10H20N4O/c1-4-8(2)14(5-6-15-3)9-7-12-13-10(9)11/h7-8H,4-6H2,1-3H3,(H3,11,12,13). The zero-order valence-corrected chi connectivity index (χ0v) is 9.66. The van der Waals surface area contributed by atoms with Gasteiger partial charge in [-0.1, -0.05) is 6.92 Å². The molecule has 1 rings (SSSR count). The van der Waals surface area contributed by atoms with Gasteiger partial charge in [0.25, 0.3) is 0 Å². The lowest BCUT2D eigenvalue weighted by molar-refractivity contribution is 0.203. The normalized spacial score (nSPS) is 12.7. The SMILES string of the molecule is CCC(C)N(CCOC)c1cn[nH]c1N. The summed E-state index contributed by atoms with van der Waals surface area (Å²) in [5, 5.41) is 6.68. The fraction of sp³-hybridized carbons (Fsp3) is 0.700. The van der Waals surface area contributed by atoms with E-state index in [1.54, 1.807) is 13.3 Å². The fourth-order valence-electron chi connectivity index (χ4n) is 1.51. The Kier molecular flexibility index (Phi) is 4.42. The molecule has 5 nitrogen and oxygen atoms in total. The molecule has 5 heteroatoms. The highest BCUT2D eigenvalue weighted by Gasteiger charge is 2.16. The van der Waals surface area contributed by atoms with Gasteiger partial charge in [0, 0.05) is 19.7 Å². The van der Waals surface area contributed by atoms with E-state index in [9.17, 15) is 0 Å². The average molecular weight is 212 g/mol. The van der Waals surface area contributed by atoms with E-state index >= 15 is 0 Å². The average Bonchev–Trinajstić information content (AvgIpc) is 2.65. The molecule has 15 heavy (non-hydrogen) atoms. The molecule has 0 aliphatic carbocycles. The van der Waals surface area contributed by atoms with Gasteiger partial charge >= 0.3 is 0 Å². The molecule has 1 atom stereocenters. The number of anilines is 2. The maximum Gasteiger partial charge on any atom is 0.142 e. The first-order chi connectivity index (χ1) is 7.20. The van der Waals surface area contributed by atoms with Crippen LogP contribution in [0, 0.1) is 0 Å². The van der Waals surface area contributed by atoms with Crippen LogP contribution in [0.1, 0.15) is 20.3 Å². The number of nitrogens with two attached hydrogens (primary N) is 1. The van der Waals surface area contributed by atoms with Gasteiger partial charge in [-0.2, -0.15) is 5.10 Å². The van der Waals surface area contributed by atoms with Crippen LogP contribution in [-0.4, -0.2) is 36.5 Å². The van der Waals surface area contributed by atoms with E-state index in [0.717, 1.165) is 18.7 Å². The van der Waals surface area contributed by atoms with Crippen LogP contribution in [0.3, 0.4) is 0 Å². The number of hydrogen-bond donors (Lipinski definition) is 2. The van der Waals surface area contributed by atoms with E-state index < -0.39 is 0 Å². The molecule has 0 aliphatic rings. The summed E-state index contributed by atoms with van der Waals surface area (Å²) >= 11 is 0. The minimum Gasteiger partial charge on any atom is -0.383 e. The smallest absolute Gasteiger partial charge is 0.142 e. The molecular weight excluding hydrogens is 192 g/mol. The zero-order chi connectivity index (χ0) is 11.3. The summed E-state index contributed by atoms with van der Waals surface area (Å²) in [6, 6.07) is 0.431. The molecule has 1 aromatic rings. The first kappa shape index (κ1) is 11.8. The topological polar surface area (TPSA) is 67.2 Å². The summed E-state index contributed by atoms with van der Waals surface area (Å²) < 4.78 is 5.09. The lowest BCUT2D eigenvalue weighted by Crippen LogP contribution is -2.35. The van der Waals surface area contributed by atoms with Crippen molar-refractivity contribution < 1.29 is 4.74 Å². The van der Waals surface area contributed by atoms with Crippen LogP contribution in [0.5, 0.6) is 0 Å². The van der Waals surface area contributed by atoms with Crippen LogP contribution in [0.2, 0.25) is 0 Å². The van der Waals surface area contributed by atoms with Gasteiger partial charge in [-0.05, 0) is 13.3 Å². The number of rotatable bonds is 6. The van der Waals surface area contributed by atoms with E-state index in [2.05, 4.69) is 28.9 Å². The highest BCUT2D eigenvalue weighted by molar-refractivity contribution is 5.62. The molecule has 0 radical (unpaired) electrons. The molecule has 1 aromatic heterocycles. The minimum absolute atomic E-state index is 0.431. The van der Waals surface area contributed by atoms with Crippen molar-refractivity contribution in [2.24, 2.45) is 0 Å². The van der Waals surface area contributed by atoms with Gasteiger partial charge in [0.2, 0.25) is 0 Å². The summed E-state index contributed by atoms with van der Waals surface area (Å²) in [5.41, 5.74) is 6.76. The van der Waals surface area contributed by atoms with Gasteiger partial charge in [-0.3, -0.25) is 5.10 Å². The van der Waals surface area contributed by atoms with Crippen LogP contribution >= 0.6 is 0 Å². The van der Waals surface area contributed by atoms with Gasteiger partial charge in [-0.15, -0.1) is 0 Å². The molecule has 0 amide bonds. The van der Waals surface area contributed by atoms with Crippen molar-refractivity contribution in [3.63, 3.8) is 0 Å². The number of nitrogens with zero attached hydrogens (tertiary/aromatic N) is 2. The molecule has 1 heterocycles. The molecule has 0 fully saturated rings. The van der Waals surface area contributed by atoms with Gasteiger partial charge < -0.3 is 15.4 Å².